The molecule has 2 N–H and O–H groups in total. The van der Waals surface area contributed by atoms with E-state index in [-0.39, 0.29) is 18.0 Å². The number of anilines is 1. The fraction of sp³-hybridized carbons (Fsp3) is 0.500. The summed E-state index contributed by atoms with van der Waals surface area (Å²) in [4.78, 5) is 30.1. The van der Waals surface area contributed by atoms with Gasteiger partial charge in [0.1, 0.15) is 5.75 Å². The third-order valence-corrected chi connectivity index (χ3v) is 7.33. The Labute approximate surface area is 208 Å². The normalized spacial score (nSPS) is 17.7. The van der Waals surface area contributed by atoms with Crippen molar-refractivity contribution in [2.24, 2.45) is 5.92 Å². The highest BCUT2D eigenvalue weighted by Gasteiger charge is 2.26. The number of carbonyl (C=O) groups is 2. The molecule has 35 heavy (non-hydrogen) atoms. The van der Waals surface area contributed by atoms with E-state index < -0.39 is 0 Å². The van der Waals surface area contributed by atoms with E-state index in [9.17, 15) is 9.59 Å². The van der Waals surface area contributed by atoms with E-state index >= 15 is 0 Å². The van der Waals surface area contributed by atoms with Crippen LogP contribution in [0.2, 0.25) is 0 Å². The fourth-order valence-corrected chi connectivity index (χ4v) is 5.12. The minimum absolute atomic E-state index is 0.0488. The number of para-hydroxylation sites is 1. The number of amides is 3. The Balaban J connectivity index is 1.38. The number of urea groups is 1. The van der Waals surface area contributed by atoms with Crippen LogP contribution in [-0.4, -0.2) is 61.6 Å². The second kappa shape index (κ2) is 11.6. The maximum atomic E-state index is 12.9. The van der Waals surface area contributed by atoms with Gasteiger partial charge in [0, 0.05) is 36.4 Å². The SMILES string of the molecule is COc1ccccc1C(CNC(=O)Nc1ccc(C(=O)N2CCC(C)CC2)cc1C)N1CCCC1. The van der Waals surface area contributed by atoms with Crippen molar-refractivity contribution in [3.63, 3.8) is 0 Å². The van der Waals surface area contributed by atoms with Gasteiger partial charge in [-0.15, -0.1) is 0 Å². The van der Waals surface area contributed by atoms with Gasteiger partial charge in [0.25, 0.3) is 5.91 Å². The summed E-state index contributed by atoms with van der Waals surface area (Å²) in [5, 5.41) is 6.02. The van der Waals surface area contributed by atoms with E-state index in [1.54, 1.807) is 7.11 Å². The third kappa shape index (κ3) is 6.14. The summed E-state index contributed by atoms with van der Waals surface area (Å²) in [6.07, 6.45) is 4.44. The summed E-state index contributed by atoms with van der Waals surface area (Å²) < 4.78 is 5.60. The molecular formula is C28H38N4O3. The molecular weight excluding hydrogens is 440 g/mol. The number of piperidine rings is 1. The van der Waals surface area contributed by atoms with Gasteiger partial charge in [-0.05, 0) is 81.4 Å². The molecule has 1 unspecified atom stereocenters. The molecule has 0 bridgehead atoms. The van der Waals surface area contributed by atoms with Crippen molar-refractivity contribution < 1.29 is 14.3 Å². The smallest absolute Gasteiger partial charge is 0.319 e. The van der Waals surface area contributed by atoms with Crippen LogP contribution in [0.5, 0.6) is 5.75 Å². The molecule has 0 aliphatic carbocycles. The van der Waals surface area contributed by atoms with Crippen molar-refractivity contribution in [2.75, 3.05) is 45.2 Å². The predicted molar refractivity (Wildman–Crippen MR) is 139 cm³/mol. The monoisotopic (exact) mass is 478 g/mol. The molecule has 2 aromatic rings. The minimum atomic E-state index is -0.253. The van der Waals surface area contributed by atoms with E-state index in [1.165, 1.54) is 12.8 Å². The van der Waals surface area contributed by atoms with Gasteiger partial charge in [0.15, 0.2) is 0 Å². The Hall–Kier alpha value is -3.06. The first-order valence-corrected chi connectivity index (χ1v) is 12.8. The Morgan fingerprint density at radius 2 is 1.77 bits per heavy atom. The molecule has 0 saturated carbocycles. The maximum absolute atomic E-state index is 12.9. The van der Waals surface area contributed by atoms with Gasteiger partial charge in [-0.2, -0.15) is 0 Å². The lowest BCUT2D eigenvalue weighted by Gasteiger charge is -2.30. The number of benzene rings is 2. The third-order valence-electron chi connectivity index (χ3n) is 7.33. The first kappa shape index (κ1) is 25.0. The van der Waals surface area contributed by atoms with Crippen molar-refractivity contribution in [1.29, 1.82) is 0 Å². The molecule has 0 radical (unpaired) electrons. The molecule has 7 heteroatoms. The number of hydrogen-bond donors (Lipinski definition) is 2. The largest absolute Gasteiger partial charge is 0.496 e. The summed E-state index contributed by atoms with van der Waals surface area (Å²) >= 11 is 0. The summed E-state index contributed by atoms with van der Waals surface area (Å²) in [5.74, 6) is 1.59. The first-order chi connectivity index (χ1) is 17.0. The van der Waals surface area contributed by atoms with Crippen molar-refractivity contribution >= 4 is 17.6 Å². The molecule has 188 valence electrons. The van der Waals surface area contributed by atoms with Crippen LogP contribution >= 0.6 is 0 Å². The highest BCUT2D eigenvalue weighted by Crippen LogP contribution is 2.31. The molecule has 0 spiro atoms. The van der Waals surface area contributed by atoms with Crippen molar-refractivity contribution in [2.45, 2.75) is 45.6 Å². The van der Waals surface area contributed by atoms with Crippen molar-refractivity contribution in [3.05, 3.63) is 59.2 Å². The zero-order chi connectivity index (χ0) is 24.8. The first-order valence-electron chi connectivity index (χ1n) is 12.8. The molecule has 2 aliphatic rings. The summed E-state index contributed by atoms with van der Waals surface area (Å²) in [7, 11) is 1.68. The van der Waals surface area contributed by atoms with Gasteiger partial charge in [-0.1, -0.05) is 25.1 Å². The lowest BCUT2D eigenvalue weighted by Crippen LogP contribution is -2.39. The fourth-order valence-electron chi connectivity index (χ4n) is 5.12. The molecule has 0 aromatic heterocycles. The van der Waals surface area contributed by atoms with Crippen LogP contribution < -0.4 is 15.4 Å². The van der Waals surface area contributed by atoms with Crippen LogP contribution in [0, 0.1) is 12.8 Å². The van der Waals surface area contributed by atoms with Gasteiger partial charge < -0.3 is 20.3 Å². The second-order valence-electron chi connectivity index (χ2n) is 9.84. The number of methoxy groups -OCH3 is 1. The average molecular weight is 479 g/mol. The minimum Gasteiger partial charge on any atom is -0.496 e. The van der Waals surface area contributed by atoms with Gasteiger partial charge >= 0.3 is 6.03 Å². The Bertz CT molecular complexity index is 1030. The Kier molecular flexibility index (Phi) is 8.29. The Morgan fingerprint density at radius 1 is 1.06 bits per heavy atom. The molecule has 2 heterocycles. The van der Waals surface area contributed by atoms with Gasteiger partial charge in [0.2, 0.25) is 0 Å². The van der Waals surface area contributed by atoms with Crippen LogP contribution in [0.4, 0.5) is 10.5 Å². The van der Waals surface area contributed by atoms with Gasteiger partial charge in [-0.25, -0.2) is 4.79 Å². The Morgan fingerprint density at radius 3 is 2.46 bits per heavy atom. The van der Waals surface area contributed by atoms with E-state index in [0.717, 1.165) is 55.9 Å². The molecule has 2 saturated heterocycles. The van der Waals surface area contributed by atoms with Crippen LogP contribution in [0.25, 0.3) is 0 Å². The summed E-state index contributed by atoms with van der Waals surface area (Å²) in [6, 6.07) is 13.3. The highest BCUT2D eigenvalue weighted by atomic mass is 16.5. The zero-order valence-electron chi connectivity index (χ0n) is 21.2. The summed E-state index contributed by atoms with van der Waals surface area (Å²) in [6.45, 7) is 8.29. The van der Waals surface area contributed by atoms with Crippen molar-refractivity contribution in [1.82, 2.24) is 15.1 Å². The van der Waals surface area contributed by atoms with Crippen molar-refractivity contribution in [3.8, 4) is 5.75 Å². The van der Waals surface area contributed by atoms with E-state index in [4.69, 9.17) is 4.74 Å². The zero-order valence-corrected chi connectivity index (χ0v) is 21.2. The molecule has 2 aliphatic heterocycles. The lowest BCUT2D eigenvalue weighted by atomic mass is 9.98. The van der Waals surface area contributed by atoms with Crippen LogP contribution in [0.15, 0.2) is 42.5 Å². The lowest BCUT2D eigenvalue weighted by molar-refractivity contribution is 0.0697. The quantitative estimate of drug-likeness (QED) is 0.598. The number of rotatable bonds is 7. The molecule has 2 fully saturated rings. The topological polar surface area (TPSA) is 73.9 Å². The number of carbonyl (C=O) groups excluding carboxylic acids is 2. The maximum Gasteiger partial charge on any atom is 0.319 e. The molecule has 7 nitrogen and oxygen atoms in total. The van der Waals surface area contributed by atoms with E-state index in [2.05, 4.69) is 28.5 Å². The summed E-state index contributed by atoms with van der Waals surface area (Å²) in [5.41, 5.74) is 3.34. The second-order valence-corrected chi connectivity index (χ2v) is 9.84. The van der Waals surface area contributed by atoms with Gasteiger partial charge in [-0.3, -0.25) is 9.69 Å². The van der Waals surface area contributed by atoms with E-state index in [1.807, 2.05) is 48.2 Å². The van der Waals surface area contributed by atoms with Crippen LogP contribution in [-0.2, 0) is 0 Å². The van der Waals surface area contributed by atoms with Crippen LogP contribution in [0.1, 0.15) is 60.1 Å². The molecule has 4 rings (SSSR count). The van der Waals surface area contributed by atoms with E-state index in [0.29, 0.717) is 23.7 Å². The average Bonchev–Trinajstić information content (AvgIpc) is 3.40. The van der Waals surface area contributed by atoms with Gasteiger partial charge in [0.05, 0.1) is 13.2 Å². The highest BCUT2D eigenvalue weighted by molar-refractivity contribution is 5.96. The number of likely N-dealkylation sites (tertiary alicyclic amines) is 2. The number of nitrogens with zero attached hydrogens (tertiary/aromatic N) is 2. The van der Waals surface area contributed by atoms with Crippen LogP contribution in [0.3, 0.4) is 0 Å². The predicted octanol–water partition coefficient (Wildman–Crippen LogP) is 4.83. The molecule has 1 atom stereocenters. The molecule has 3 amide bonds. The number of ether oxygens (including phenoxy) is 1. The number of nitrogens with one attached hydrogen (secondary N) is 2. The number of aryl methyl sites for hydroxylation is 1. The molecule has 2 aromatic carbocycles. The standard InChI is InChI=1S/C28H38N4O3/c1-20-12-16-32(17-13-20)27(33)22-10-11-24(21(2)18-22)30-28(34)29-19-25(31-14-6-7-15-31)23-8-4-5-9-26(23)35-3/h4-5,8-11,18,20,25H,6-7,12-17,19H2,1-3H3,(H2,29,30,34). The number of hydrogen-bond acceptors (Lipinski definition) is 4.